The van der Waals surface area contributed by atoms with Gasteiger partial charge in [-0.15, -0.1) is 11.3 Å². The summed E-state index contributed by atoms with van der Waals surface area (Å²) >= 11 is 1.46. The molecule has 0 aliphatic rings. The van der Waals surface area contributed by atoms with E-state index in [-0.39, 0.29) is 0 Å². The lowest BCUT2D eigenvalue weighted by molar-refractivity contribution is 0.866. The first-order chi connectivity index (χ1) is 8.52. The van der Waals surface area contributed by atoms with Gasteiger partial charge in [-0.3, -0.25) is 0 Å². The summed E-state index contributed by atoms with van der Waals surface area (Å²) in [4.78, 5) is 5.21. The van der Waals surface area contributed by atoms with Gasteiger partial charge in [-0.05, 0) is 37.0 Å². The Morgan fingerprint density at radius 1 is 1.28 bits per heavy atom. The number of aromatic nitrogens is 1. The number of rotatable bonds is 2. The Balaban J connectivity index is 2.63. The molecular formula is C15H16N2S. The highest BCUT2D eigenvalue weighted by Crippen LogP contribution is 2.31. The van der Waals surface area contributed by atoms with E-state index in [1.165, 1.54) is 22.5 Å². The second kappa shape index (κ2) is 4.91. The smallest absolute Gasteiger partial charge is 0.132 e. The molecule has 2 aromatic rings. The van der Waals surface area contributed by atoms with Crippen molar-refractivity contribution in [1.82, 2.24) is 4.98 Å². The molecule has 0 radical (unpaired) electrons. The Kier molecular flexibility index (Phi) is 3.49. The quantitative estimate of drug-likeness (QED) is 0.797. The van der Waals surface area contributed by atoms with Gasteiger partial charge in [-0.2, -0.15) is 5.26 Å². The minimum Gasteiger partial charge on any atom is -0.240 e. The SMILES string of the molecule is Cc1nc(-c2cc(C(C)C)ccc2C)c(C#N)s1. The molecule has 0 amide bonds. The largest absolute Gasteiger partial charge is 0.240 e. The zero-order valence-electron chi connectivity index (χ0n) is 11.1. The molecule has 18 heavy (non-hydrogen) atoms. The number of nitrogens with zero attached hydrogens (tertiary/aromatic N) is 2. The molecule has 0 saturated carbocycles. The van der Waals surface area contributed by atoms with Gasteiger partial charge in [0, 0.05) is 5.56 Å². The second-order valence-electron chi connectivity index (χ2n) is 4.75. The maximum atomic E-state index is 9.18. The van der Waals surface area contributed by atoms with Crippen LogP contribution in [0.25, 0.3) is 11.3 Å². The van der Waals surface area contributed by atoms with Crippen molar-refractivity contribution in [1.29, 1.82) is 5.26 Å². The van der Waals surface area contributed by atoms with Crippen LogP contribution in [0, 0.1) is 25.2 Å². The maximum Gasteiger partial charge on any atom is 0.132 e. The third kappa shape index (κ3) is 2.30. The Hall–Kier alpha value is -1.66. The van der Waals surface area contributed by atoms with Crippen LogP contribution in [-0.4, -0.2) is 4.98 Å². The van der Waals surface area contributed by atoms with Crippen molar-refractivity contribution in [2.45, 2.75) is 33.6 Å². The van der Waals surface area contributed by atoms with Gasteiger partial charge in [-0.1, -0.05) is 26.0 Å². The van der Waals surface area contributed by atoms with Gasteiger partial charge in [-0.25, -0.2) is 4.98 Å². The van der Waals surface area contributed by atoms with Gasteiger partial charge in [0.25, 0.3) is 0 Å². The number of hydrogen-bond donors (Lipinski definition) is 0. The highest BCUT2D eigenvalue weighted by molar-refractivity contribution is 7.12. The van der Waals surface area contributed by atoms with Crippen LogP contribution in [0.1, 0.15) is 40.8 Å². The Morgan fingerprint density at radius 3 is 2.61 bits per heavy atom. The first-order valence-electron chi connectivity index (χ1n) is 6.01. The zero-order valence-corrected chi connectivity index (χ0v) is 11.9. The topological polar surface area (TPSA) is 36.7 Å². The highest BCUT2D eigenvalue weighted by atomic mass is 32.1. The van der Waals surface area contributed by atoms with Crippen LogP contribution in [-0.2, 0) is 0 Å². The Morgan fingerprint density at radius 2 is 2.00 bits per heavy atom. The van der Waals surface area contributed by atoms with Crippen molar-refractivity contribution < 1.29 is 0 Å². The molecule has 0 atom stereocenters. The number of thiazole rings is 1. The van der Waals surface area contributed by atoms with Crippen LogP contribution in [0.5, 0.6) is 0 Å². The number of hydrogen-bond acceptors (Lipinski definition) is 3. The first-order valence-corrected chi connectivity index (χ1v) is 6.83. The summed E-state index contributed by atoms with van der Waals surface area (Å²) in [5.74, 6) is 0.481. The summed E-state index contributed by atoms with van der Waals surface area (Å²) in [6.45, 7) is 8.35. The summed E-state index contributed by atoms with van der Waals surface area (Å²) in [6, 6.07) is 8.67. The third-order valence-corrected chi connectivity index (χ3v) is 3.89. The van der Waals surface area contributed by atoms with E-state index >= 15 is 0 Å². The summed E-state index contributed by atoms with van der Waals surface area (Å²) in [7, 11) is 0. The standard InChI is InChI=1S/C15H16N2S/c1-9(2)12-6-5-10(3)13(7-12)15-14(8-16)18-11(4)17-15/h5-7,9H,1-4H3. The van der Waals surface area contributed by atoms with E-state index in [0.717, 1.165) is 16.3 Å². The van der Waals surface area contributed by atoms with Gasteiger partial charge in [0.1, 0.15) is 10.9 Å². The van der Waals surface area contributed by atoms with Gasteiger partial charge in [0.15, 0.2) is 0 Å². The molecule has 2 rings (SSSR count). The van der Waals surface area contributed by atoms with Gasteiger partial charge in [0.2, 0.25) is 0 Å². The number of benzene rings is 1. The molecular weight excluding hydrogens is 240 g/mol. The first kappa shape index (κ1) is 12.8. The van der Waals surface area contributed by atoms with Crippen molar-refractivity contribution >= 4 is 11.3 Å². The van der Waals surface area contributed by atoms with Crippen molar-refractivity contribution in [2.24, 2.45) is 0 Å². The molecule has 1 heterocycles. The van der Waals surface area contributed by atoms with E-state index in [0.29, 0.717) is 10.8 Å². The minimum absolute atomic E-state index is 0.481. The summed E-state index contributed by atoms with van der Waals surface area (Å²) in [5, 5.41) is 10.1. The van der Waals surface area contributed by atoms with E-state index < -0.39 is 0 Å². The molecule has 1 aromatic heterocycles. The number of nitriles is 1. The molecule has 0 N–H and O–H groups in total. The molecule has 0 unspecified atom stereocenters. The molecule has 3 heteroatoms. The lowest BCUT2D eigenvalue weighted by atomic mass is 9.96. The highest BCUT2D eigenvalue weighted by Gasteiger charge is 2.14. The monoisotopic (exact) mass is 256 g/mol. The van der Waals surface area contributed by atoms with E-state index in [4.69, 9.17) is 0 Å². The average Bonchev–Trinajstić information content (AvgIpc) is 2.70. The van der Waals surface area contributed by atoms with E-state index in [1.807, 2.05) is 6.92 Å². The lowest BCUT2D eigenvalue weighted by Gasteiger charge is -2.10. The summed E-state index contributed by atoms with van der Waals surface area (Å²) in [5.41, 5.74) is 4.37. The van der Waals surface area contributed by atoms with Gasteiger partial charge >= 0.3 is 0 Å². The second-order valence-corrected chi connectivity index (χ2v) is 5.95. The fourth-order valence-electron chi connectivity index (χ4n) is 1.94. The van der Waals surface area contributed by atoms with Crippen LogP contribution in [0.15, 0.2) is 18.2 Å². The van der Waals surface area contributed by atoms with Crippen LogP contribution >= 0.6 is 11.3 Å². The molecule has 0 spiro atoms. The molecule has 0 aliphatic heterocycles. The Labute approximate surface area is 112 Å². The summed E-state index contributed by atoms with van der Waals surface area (Å²) < 4.78 is 0. The molecule has 0 saturated heterocycles. The third-order valence-electron chi connectivity index (χ3n) is 3.02. The molecule has 1 aromatic carbocycles. The minimum atomic E-state index is 0.481. The molecule has 0 aliphatic carbocycles. The normalized spacial score (nSPS) is 10.7. The average molecular weight is 256 g/mol. The predicted octanol–water partition coefficient (Wildman–Crippen LogP) is 4.42. The maximum absolute atomic E-state index is 9.18. The van der Waals surface area contributed by atoms with Gasteiger partial charge < -0.3 is 0 Å². The summed E-state index contributed by atoms with van der Waals surface area (Å²) in [6.07, 6.45) is 0. The zero-order chi connectivity index (χ0) is 13.3. The number of aryl methyl sites for hydroxylation is 2. The van der Waals surface area contributed by atoms with E-state index in [2.05, 4.69) is 50.0 Å². The van der Waals surface area contributed by atoms with Crippen LogP contribution < -0.4 is 0 Å². The van der Waals surface area contributed by atoms with Crippen molar-refractivity contribution in [3.63, 3.8) is 0 Å². The van der Waals surface area contributed by atoms with Crippen LogP contribution in [0.3, 0.4) is 0 Å². The molecule has 2 nitrogen and oxygen atoms in total. The van der Waals surface area contributed by atoms with Crippen molar-refractivity contribution in [2.75, 3.05) is 0 Å². The molecule has 92 valence electrons. The van der Waals surface area contributed by atoms with Crippen molar-refractivity contribution in [3.05, 3.63) is 39.2 Å². The van der Waals surface area contributed by atoms with E-state index in [1.54, 1.807) is 0 Å². The van der Waals surface area contributed by atoms with E-state index in [9.17, 15) is 5.26 Å². The molecule has 0 fully saturated rings. The fraction of sp³-hybridized carbons (Fsp3) is 0.333. The van der Waals surface area contributed by atoms with Gasteiger partial charge in [0.05, 0.1) is 10.7 Å². The molecule has 0 bridgehead atoms. The predicted molar refractivity (Wildman–Crippen MR) is 75.8 cm³/mol. The lowest BCUT2D eigenvalue weighted by Crippen LogP contribution is -1.92. The van der Waals surface area contributed by atoms with Crippen LogP contribution in [0.2, 0.25) is 0 Å². The van der Waals surface area contributed by atoms with Crippen LogP contribution in [0.4, 0.5) is 0 Å². The Bertz CT molecular complexity index is 618. The van der Waals surface area contributed by atoms with Crippen molar-refractivity contribution in [3.8, 4) is 17.3 Å². The fourth-order valence-corrected chi connectivity index (χ4v) is 2.67.